The average molecular weight is 855 g/mol. The van der Waals surface area contributed by atoms with Crippen molar-refractivity contribution in [1.29, 1.82) is 21.3 Å². The summed E-state index contributed by atoms with van der Waals surface area (Å²) in [6.07, 6.45) is 2.37. The van der Waals surface area contributed by atoms with Crippen LogP contribution in [0.15, 0.2) is 109 Å². The lowest BCUT2D eigenvalue weighted by Gasteiger charge is -2.30. The minimum Gasteiger partial charge on any atom is -0.486 e. The number of nitrogens with two attached hydrogens (primary N) is 2. The Morgan fingerprint density at radius 2 is 1.11 bits per heavy atom. The Morgan fingerprint density at radius 3 is 1.59 bits per heavy atom. The number of ether oxygens (including phenoxy) is 4. The molecule has 0 spiro atoms. The first kappa shape index (κ1) is 43.3. The molecule has 0 unspecified atom stereocenters. The number of nitrogen functional groups attached to an aromatic ring is 2. The summed E-state index contributed by atoms with van der Waals surface area (Å²) in [5.74, 6) is 1.10. The smallest absolute Gasteiger partial charge is 0.414 e. The summed E-state index contributed by atoms with van der Waals surface area (Å²) in [5.41, 5.74) is 21.0. The van der Waals surface area contributed by atoms with Gasteiger partial charge in [0.2, 0.25) is 0 Å². The topological polar surface area (TPSA) is 251 Å². The summed E-state index contributed by atoms with van der Waals surface area (Å²) in [4.78, 5) is 36.9. The maximum Gasteiger partial charge on any atom is 0.414 e. The number of hydrogen-bond acceptors (Lipinski definition) is 12. The normalized spacial score (nSPS) is 12.5. The molecule has 0 saturated heterocycles. The highest BCUT2D eigenvalue weighted by Crippen LogP contribution is 2.38. The zero-order chi connectivity index (χ0) is 45.3. The van der Waals surface area contributed by atoms with Crippen molar-refractivity contribution >= 4 is 35.2 Å². The molecule has 4 aromatic carbocycles. The molecule has 2 aliphatic rings. The molecule has 2 aliphatic heterocycles. The number of aromatic nitrogens is 2. The van der Waals surface area contributed by atoms with Crippen LogP contribution in [-0.4, -0.2) is 33.8 Å². The number of carbonyl (C=O) groups is 2. The molecule has 0 radical (unpaired) electrons. The van der Waals surface area contributed by atoms with E-state index in [1.807, 2.05) is 50.2 Å². The molecule has 4 heterocycles. The van der Waals surface area contributed by atoms with Crippen LogP contribution in [0.4, 0.5) is 21.0 Å². The van der Waals surface area contributed by atoms with Crippen LogP contribution >= 0.6 is 0 Å². The van der Waals surface area contributed by atoms with Crippen LogP contribution in [0.2, 0.25) is 0 Å². The predicted octanol–water partition coefficient (Wildman–Crippen LogP) is 7.56. The van der Waals surface area contributed by atoms with Gasteiger partial charge in [0, 0.05) is 11.1 Å². The Morgan fingerprint density at radius 1 is 0.641 bits per heavy atom. The fourth-order valence-corrected chi connectivity index (χ4v) is 7.02. The minimum absolute atomic E-state index is 0.00863. The van der Waals surface area contributed by atoms with E-state index in [0.29, 0.717) is 56.5 Å². The second-order valence-electron chi connectivity index (χ2n) is 14.8. The number of amidine groups is 2. The van der Waals surface area contributed by atoms with Crippen LogP contribution in [0.1, 0.15) is 67.0 Å². The molecule has 16 heteroatoms. The van der Waals surface area contributed by atoms with E-state index in [9.17, 15) is 9.59 Å². The van der Waals surface area contributed by atoms with Gasteiger partial charge in [0.05, 0.1) is 82.6 Å². The van der Waals surface area contributed by atoms with Gasteiger partial charge in [-0.3, -0.25) is 30.6 Å². The summed E-state index contributed by atoms with van der Waals surface area (Å²) < 4.78 is 23.0. The highest BCUT2D eigenvalue weighted by Gasteiger charge is 2.31. The number of benzene rings is 4. The Kier molecular flexibility index (Phi) is 13.1. The second-order valence-corrected chi connectivity index (χ2v) is 14.8. The first-order valence-electron chi connectivity index (χ1n) is 19.9. The molecule has 0 fully saturated rings. The third-order valence-corrected chi connectivity index (χ3v) is 10.4. The SMILES string of the molecule is Cc1ncc2c(c1OCc1cccc(C#N)c1)COC(=O)N2Cc1ccc(C#N)cc1.Cc1ncc2c(c1OCc1cccc(C(=N)N)c1)COC(=O)N2Cc1ccc(C(=N)N)cc1. The third-order valence-electron chi connectivity index (χ3n) is 10.4. The molecule has 6 N–H and O–H groups in total. The van der Waals surface area contributed by atoms with Gasteiger partial charge < -0.3 is 30.4 Å². The zero-order valence-corrected chi connectivity index (χ0v) is 34.9. The van der Waals surface area contributed by atoms with Gasteiger partial charge in [-0.05, 0) is 66.4 Å². The summed E-state index contributed by atoms with van der Waals surface area (Å²) in [6, 6.07) is 32.8. The molecule has 8 rings (SSSR count). The number of nitrogens with one attached hydrogen (secondary N) is 2. The van der Waals surface area contributed by atoms with Crippen LogP contribution < -0.4 is 30.7 Å². The van der Waals surface area contributed by atoms with E-state index in [1.54, 1.807) is 73.1 Å². The van der Waals surface area contributed by atoms with E-state index in [2.05, 4.69) is 22.1 Å². The van der Waals surface area contributed by atoms with Crippen LogP contribution in [0.5, 0.6) is 11.5 Å². The van der Waals surface area contributed by atoms with Gasteiger partial charge in [-0.2, -0.15) is 10.5 Å². The molecule has 0 bridgehead atoms. The van der Waals surface area contributed by atoms with Crippen LogP contribution in [0, 0.1) is 47.3 Å². The Hall–Kier alpha value is -8.76. The first-order chi connectivity index (χ1) is 30.9. The van der Waals surface area contributed by atoms with E-state index in [1.165, 1.54) is 9.80 Å². The van der Waals surface area contributed by atoms with Gasteiger partial charge in [-0.15, -0.1) is 0 Å². The number of aryl methyl sites for hydroxylation is 2. The number of carbonyl (C=O) groups excluding carboxylic acids is 2. The molecule has 0 saturated carbocycles. The maximum absolute atomic E-state index is 12.6. The van der Waals surface area contributed by atoms with Crippen LogP contribution in [0.3, 0.4) is 0 Å². The lowest BCUT2D eigenvalue weighted by molar-refractivity contribution is 0.138. The minimum atomic E-state index is -0.469. The second kappa shape index (κ2) is 19.3. The molecular formula is C48H42N10O6. The van der Waals surface area contributed by atoms with Crippen molar-refractivity contribution in [1.82, 2.24) is 9.97 Å². The van der Waals surface area contributed by atoms with Crippen molar-refractivity contribution in [2.24, 2.45) is 11.5 Å². The molecule has 2 amide bonds. The Balaban J connectivity index is 0.000000192. The molecule has 0 atom stereocenters. The summed E-state index contributed by atoms with van der Waals surface area (Å²) >= 11 is 0. The van der Waals surface area contributed by atoms with Crippen LogP contribution in [-0.2, 0) is 49.0 Å². The highest BCUT2D eigenvalue weighted by atomic mass is 16.6. The summed E-state index contributed by atoms with van der Waals surface area (Å²) in [7, 11) is 0. The zero-order valence-electron chi connectivity index (χ0n) is 34.9. The fraction of sp³-hybridized carbons (Fsp3) is 0.167. The van der Waals surface area contributed by atoms with Gasteiger partial charge in [-0.25, -0.2) is 9.59 Å². The fourth-order valence-electron chi connectivity index (χ4n) is 7.02. The van der Waals surface area contributed by atoms with Gasteiger partial charge in [-0.1, -0.05) is 66.7 Å². The lowest BCUT2D eigenvalue weighted by Crippen LogP contribution is -2.35. The summed E-state index contributed by atoms with van der Waals surface area (Å²) in [6.45, 7) is 4.92. The van der Waals surface area contributed by atoms with Crippen molar-refractivity contribution in [2.45, 2.75) is 53.4 Å². The third kappa shape index (κ3) is 9.88. The van der Waals surface area contributed by atoms with Crippen molar-refractivity contribution in [3.8, 4) is 23.6 Å². The number of cyclic esters (lactones) is 2. The van der Waals surface area contributed by atoms with E-state index in [-0.39, 0.29) is 51.2 Å². The number of hydrogen-bond donors (Lipinski definition) is 4. The number of rotatable bonds is 12. The highest BCUT2D eigenvalue weighted by molar-refractivity contribution is 5.96. The number of nitrogens with zero attached hydrogens (tertiary/aromatic N) is 6. The van der Waals surface area contributed by atoms with E-state index >= 15 is 0 Å². The molecule has 16 nitrogen and oxygen atoms in total. The number of amides is 2. The quantitative estimate of drug-likeness (QED) is 0.0687. The van der Waals surface area contributed by atoms with Gasteiger partial charge >= 0.3 is 12.2 Å². The molecule has 320 valence electrons. The number of fused-ring (bicyclic) bond motifs is 2. The Bertz CT molecular complexity index is 2850. The molecular weight excluding hydrogens is 813 g/mol. The molecule has 64 heavy (non-hydrogen) atoms. The Labute approximate surface area is 368 Å². The average Bonchev–Trinajstić information content (AvgIpc) is 3.30. The van der Waals surface area contributed by atoms with E-state index in [0.717, 1.165) is 33.4 Å². The molecule has 0 aliphatic carbocycles. The largest absolute Gasteiger partial charge is 0.486 e. The molecule has 6 aromatic rings. The predicted molar refractivity (Wildman–Crippen MR) is 237 cm³/mol. The van der Waals surface area contributed by atoms with Crippen molar-refractivity contribution in [3.05, 3.63) is 176 Å². The van der Waals surface area contributed by atoms with Crippen molar-refractivity contribution in [2.75, 3.05) is 9.80 Å². The number of nitriles is 2. The monoisotopic (exact) mass is 854 g/mol. The van der Waals surface area contributed by atoms with Crippen LogP contribution in [0.25, 0.3) is 0 Å². The maximum atomic E-state index is 12.6. The summed E-state index contributed by atoms with van der Waals surface area (Å²) in [5, 5.41) is 33.2. The van der Waals surface area contributed by atoms with E-state index in [4.69, 9.17) is 51.8 Å². The molecule has 2 aromatic heterocycles. The standard InChI is InChI=1S/C24H24N6O3.C24H18N4O3/c1-14-21(32-12-16-3-2-4-18(9-16)23(27)28)19-13-33-24(31)30(20(19)10-29-14)11-15-5-7-17(8-6-15)22(25)26;1-16-23(30-14-20-4-2-3-19(9-20)11-26)21-15-31-24(29)28(22(21)12-27-16)13-18-7-5-17(10-25)6-8-18/h2-10H,11-13H2,1H3,(H3,25,26)(H3,27,28);2-9,12H,13-15H2,1H3. The number of pyridine rings is 2. The van der Waals surface area contributed by atoms with Gasteiger partial charge in [0.15, 0.2) is 0 Å². The van der Waals surface area contributed by atoms with Crippen molar-refractivity contribution < 1.29 is 28.5 Å². The first-order valence-corrected chi connectivity index (χ1v) is 19.9. The number of anilines is 2. The van der Waals surface area contributed by atoms with E-state index < -0.39 is 12.2 Å². The van der Waals surface area contributed by atoms with Crippen molar-refractivity contribution in [3.63, 3.8) is 0 Å². The van der Waals surface area contributed by atoms with Gasteiger partial charge in [0.1, 0.15) is 49.6 Å². The lowest BCUT2D eigenvalue weighted by atomic mass is 10.1. The van der Waals surface area contributed by atoms with Gasteiger partial charge in [0.25, 0.3) is 0 Å².